The van der Waals surface area contributed by atoms with Crippen molar-refractivity contribution in [1.82, 2.24) is 25.1 Å². The number of halogens is 1. The van der Waals surface area contributed by atoms with Crippen LogP contribution in [-0.4, -0.2) is 51.3 Å². The van der Waals surface area contributed by atoms with Crippen LogP contribution in [0.5, 0.6) is 0 Å². The number of rotatable bonds is 4. The van der Waals surface area contributed by atoms with Crippen LogP contribution in [0.15, 0.2) is 54.6 Å². The lowest BCUT2D eigenvalue weighted by atomic mass is 10.0. The molecule has 0 N–H and O–H groups in total. The van der Waals surface area contributed by atoms with Gasteiger partial charge in [0.15, 0.2) is 5.82 Å². The summed E-state index contributed by atoms with van der Waals surface area (Å²) in [5, 5.41) is 12.6. The third-order valence-corrected chi connectivity index (χ3v) is 5.36. The standard InChI is InChI=1S/C22H27FN6/c1-22(2,3)29-21(24-25-26-29)20(17-9-11-18(23)12-10-17)28-15-13-27(14-16-28)19-7-5-4-6-8-19/h4-12,20H,13-16H2,1-3H3/t20-/m0/s1. The van der Waals surface area contributed by atoms with Crippen LogP contribution in [-0.2, 0) is 5.54 Å². The Bertz CT molecular complexity index is 924. The SMILES string of the molecule is CC(C)(C)n1nnnc1[C@H](c1ccc(F)cc1)N1CCN(c2ccccc2)CC1. The number of hydrogen-bond acceptors (Lipinski definition) is 5. The van der Waals surface area contributed by atoms with E-state index in [1.807, 2.05) is 22.9 Å². The molecule has 29 heavy (non-hydrogen) atoms. The average molecular weight is 394 g/mol. The van der Waals surface area contributed by atoms with E-state index in [1.54, 1.807) is 0 Å². The molecule has 1 atom stereocenters. The van der Waals surface area contributed by atoms with Gasteiger partial charge in [-0.1, -0.05) is 30.3 Å². The first-order valence-electron chi connectivity index (χ1n) is 10.0. The summed E-state index contributed by atoms with van der Waals surface area (Å²) in [6.45, 7) is 9.82. The maximum atomic E-state index is 13.6. The molecule has 1 aromatic heterocycles. The molecule has 0 spiro atoms. The zero-order chi connectivity index (χ0) is 20.4. The Balaban J connectivity index is 1.64. The number of nitrogens with zero attached hydrogens (tertiary/aromatic N) is 6. The van der Waals surface area contributed by atoms with E-state index in [0.717, 1.165) is 37.6 Å². The molecule has 2 aromatic carbocycles. The summed E-state index contributed by atoms with van der Waals surface area (Å²) in [5.41, 5.74) is 1.99. The number of hydrogen-bond donors (Lipinski definition) is 0. The highest BCUT2D eigenvalue weighted by Crippen LogP contribution is 2.31. The van der Waals surface area contributed by atoms with Gasteiger partial charge in [-0.15, -0.1) is 5.10 Å². The number of para-hydroxylation sites is 1. The molecule has 3 aromatic rings. The van der Waals surface area contributed by atoms with Gasteiger partial charge in [-0.2, -0.15) is 0 Å². The molecule has 0 radical (unpaired) electrons. The largest absolute Gasteiger partial charge is 0.369 e. The summed E-state index contributed by atoms with van der Waals surface area (Å²) >= 11 is 0. The fourth-order valence-corrected chi connectivity index (χ4v) is 3.89. The second-order valence-corrected chi connectivity index (χ2v) is 8.43. The minimum absolute atomic E-state index is 0.122. The smallest absolute Gasteiger partial charge is 0.173 e. The van der Waals surface area contributed by atoms with E-state index in [1.165, 1.54) is 17.8 Å². The van der Waals surface area contributed by atoms with Crippen molar-refractivity contribution >= 4 is 5.69 Å². The van der Waals surface area contributed by atoms with Crippen molar-refractivity contribution in [3.63, 3.8) is 0 Å². The van der Waals surface area contributed by atoms with Crippen LogP contribution in [0.1, 0.15) is 38.2 Å². The second kappa shape index (κ2) is 7.91. The summed E-state index contributed by atoms with van der Waals surface area (Å²) in [4.78, 5) is 4.78. The van der Waals surface area contributed by atoms with E-state index < -0.39 is 0 Å². The third kappa shape index (κ3) is 4.15. The Morgan fingerprint density at radius 3 is 2.17 bits per heavy atom. The normalized spacial score (nSPS) is 16.8. The summed E-state index contributed by atoms with van der Waals surface area (Å²) < 4.78 is 15.5. The second-order valence-electron chi connectivity index (χ2n) is 8.43. The van der Waals surface area contributed by atoms with Crippen molar-refractivity contribution in [2.45, 2.75) is 32.4 Å². The Morgan fingerprint density at radius 2 is 1.55 bits per heavy atom. The molecule has 1 aliphatic heterocycles. The lowest BCUT2D eigenvalue weighted by molar-refractivity contribution is 0.191. The topological polar surface area (TPSA) is 50.1 Å². The Morgan fingerprint density at radius 1 is 0.897 bits per heavy atom. The van der Waals surface area contributed by atoms with Crippen LogP contribution in [0.3, 0.4) is 0 Å². The van der Waals surface area contributed by atoms with E-state index in [-0.39, 0.29) is 17.4 Å². The molecule has 0 bridgehead atoms. The quantitative estimate of drug-likeness (QED) is 0.678. The highest BCUT2D eigenvalue weighted by atomic mass is 19.1. The van der Waals surface area contributed by atoms with Crippen molar-refractivity contribution in [3.05, 3.63) is 71.8 Å². The van der Waals surface area contributed by atoms with Gasteiger partial charge < -0.3 is 4.90 Å². The zero-order valence-electron chi connectivity index (χ0n) is 17.2. The van der Waals surface area contributed by atoms with E-state index in [4.69, 9.17) is 0 Å². The number of aromatic nitrogens is 4. The van der Waals surface area contributed by atoms with Gasteiger partial charge in [-0.05, 0) is 61.0 Å². The van der Waals surface area contributed by atoms with Crippen LogP contribution in [0.4, 0.5) is 10.1 Å². The number of piperazine rings is 1. The molecule has 7 heteroatoms. The molecular formula is C22H27FN6. The van der Waals surface area contributed by atoms with Crippen LogP contribution < -0.4 is 4.90 Å². The van der Waals surface area contributed by atoms with Crippen molar-refractivity contribution < 1.29 is 4.39 Å². The fourth-order valence-electron chi connectivity index (χ4n) is 3.89. The fraction of sp³-hybridized carbons (Fsp3) is 0.409. The van der Waals surface area contributed by atoms with Crippen molar-refractivity contribution in [2.24, 2.45) is 0 Å². The molecule has 4 rings (SSSR count). The molecule has 1 fully saturated rings. The molecule has 2 heterocycles. The molecule has 0 unspecified atom stereocenters. The Labute approximate surface area is 170 Å². The van der Waals surface area contributed by atoms with E-state index in [9.17, 15) is 4.39 Å². The average Bonchev–Trinajstić information content (AvgIpc) is 3.21. The molecule has 0 aliphatic carbocycles. The number of tetrazole rings is 1. The predicted octanol–water partition coefficient (Wildman–Crippen LogP) is 3.48. The summed E-state index contributed by atoms with van der Waals surface area (Å²) in [7, 11) is 0. The van der Waals surface area contributed by atoms with Gasteiger partial charge in [-0.25, -0.2) is 9.07 Å². The molecule has 0 amide bonds. The van der Waals surface area contributed by atoms with Crippen molar-refractivity contribution in [2.75, 3.05) is 31.1 Å². The molecule has 6 nitrogen and oxygen atoms in total. The Kier molecular flexibility index (Phi) is 5.32. The van der Waals surface area contributed by atoms with Gasteiger partial charge in [0.2, 0.25) is 0 Å². The molecule has 1 aliphatic rings. The van der Waals surface area contributed by atoms with Crippen LogP contribution in [0.25, 0.3) is 0 Å². The van der Waals surface area contributed by atoms with Gasteiger partial charge in [0.1, 0.15) is 5.82 Å². The molecule has 152 valence electrons. The van der Waals surface area contributed by atoms with Gasteiger partial charge in [-0.3, -0.25) is 4.90 Å². The van der Waals surface area contributed by atoms with Gasteiger partial charge in [0.05, 0.1) is 11.6 Å². The lowest BCUT2D eigenvalue weighted by Crippen LogP contribution is -2.48. The van der Waals surface area contributed by atoms with E-state index in [0.29, 0.717) is 0 Å². The molecule has 1 saturated heterocycles. The monoisotopic (exact) mass is 394 g/mol. The zero-order valence-corrected chi connectivity index (χ0v) is 17.2. The van der Waals surface area contributed by atoms with E-state index in [2.05, 4.69) is 70.4 Å². The highest BCUT2D eigenvalue weighted by Gasteiger charge is 2.33. The van der Waals surface area contributed by atoms with Gasteiger partial charge in [0.25, 0.3) is 0 Å². The molecular weight excluding hydrogens is 367 g/mol. The maximum Gasteiger partial charge on any atom is 0.173 e. The predicted molar refractivity (Wildman–Crippen MR) is 111 cm³/mol. The van der Waals surface area contributed by atoms with Crippen LogP contribution in [0.2, 0.25) is 0 Å². The summed E-state index contributed by atoms with van der Waals surface area (Å²) in [6.07, 6.45) is 0. The third-order valence-electron chi connectivity index (χ3n) is 5.36. The first kappa shape index (κ1) is 19.5. The summed E-state index contributed by atoms with van der Waals surface area (Å²) in [6, 6.07) is 17.0. The van der Waals surface area contributed by atoms with Gasteiger partial charge in [0, 0.05) is 31.9 Å². The Hall–Kier alpha value is -2.80. The van der Waals surface area contributed by atoms with Crippen LogP contribution >= 0.6 is 0 Å². The van der Waals surface area contributed by atoms with Crippen molar-refractivity contribution in [1.29, 1.82) is 0 Å². The first-order chi connectivity index (χ1) is 13.9. The number of anilines is 1. The first-order valence-corrected chi connectivity index (χ1v) is 10.0. The van der Waals surface area contributed by atoms with E-state index >= 15 is 0 Å². The summed E-state index contributed by atoms with van der Waals surface area (Å²) in [5.74, 6) is 0.550. The minimum Gasteiger partial charge on any atom is -0.369 e. The maximum absolute atomic E-state index is 13.6. The van der Waals surface area contributed by atoms with Crippen molar-refractivity contribution in [3.8, 4) is 0 Å². The molecule has 0 saturated carbocycles. The van der Waals surface area contributed by atoms with Crippen LogP contribution in [0, 0.1) is 5.82 Å². The van der Waals surface area contributed by atoms with Gasteiger partial charge >= 0.3 is 0 Å². The highest BCUT2D eigenvalue weighted by molar-refractivity contribution is 5.46. The lowest BCUT2D eigenvalue weighted by Gasteiger charge is -2.40. The minimum atomic E-state index is -0.247. The number of benzene rings is 2.